The zero-order valence-electron chi connectivity index (χ0n) is 13.8. The molecule has 0 fully saturated rings. The summed E-state index contributed by atoms with van der Waals surface area (Å²) in [5.41, 5.74) is 1.63. The minimum atomic E-state index is -3.80. The van der Waals surface area contributed by atoms with E-state index in [2.05, 4.69) is 4.98 Å². The summed E-state index contributed by atoms with van der Waals surface area (Å²) in [6.07, 6.45) is 3.05. The maximum absolute atomic E-state index is 13.1. The second-order valence-electron chi connectivity index (χ2n) is 5.66. The van der Waals surface area contributed by atoms with Crippen LogP contribution in [0.1, 0.15) is 17.1 Å². The van der Waals surface area contributed by atoms with E-state index in [1.807, 2.05) is 19.1 Å². The van der Waals surface area contributed by atoms with E-state index >= 15 is 0 Å². The van der Waals surface area contributed by atoms with E-state index in [0.717, 1.165) is 5.56 Å². The van der Waals surface area contributed by atoms with Crippen LogP contribution in [0, 0.1) is 13.8 Å². The summed E-state index contributed by atoms with van der Waals surface area (Å²) in [4.78, 5) is 4.18. The van der Waals surface area contributed by atoms with Crippen molar-refractivity contribution in [1.82, 2.24) is 9.55 Å². The van der Waals surface area contributed by atoms with Gasteiger partial charge >= 0.3 is 0 Å². The van der Waals surface area contributed by atoms with Crippen molar-refractivity contribution >= 4 is 15.7 Å². The molecule has 0 spiro atoms. The minimum Gasteiger partial charge on any atom is -0.467 e. The fourth-order valence-corrected chi connectivity index (χ4v) is 3.79. The van der Waals surface area contributed by atoms with Crippen LogP contribution in [0.15, 0.2) is 58.3 Å². The van der Waals surface area contributed by atoms with Crippen LogP contribution in [0.5, 0.6) is 0 Å². The Labute approximate surface area is 141 Å². The molecule has 1 aromatic carbocycles. The zero-order chi connectivity index (χ0) is 17.3. The number of furan rings is 1. The Morgan fingerprint density at radius 2 is 1.88 bits per heavy atom. The van der Waals surface area contributed by atoms with Gasteiger partial charge in [-0.2, -0.15) is 8.42 Å². The molecule has 0 amide bonds. The molecule has 0 saturated heterocycles. The lowest BCUT2D eigenvalue weighted by Crippen LogP contribution is -2.30. The van der Waals surface area contributed by atoms with Crippen LogP contribution in [0.4, 0.5) is 5.69 Å². The standard InChI is InChI=1S/C17H19N3O3S/c1-13-6-8-15(9-7-13)20(11-16-5-4-10-23-16)24(21,22)17-12-19(3)14(2)18-17/h4-10,12H,11H2,1-3H3. The van der Waals surface area contributed by atoms with Gasteiger partial charge in [0.25, 0.3) is 10.0 Å². The number of benzene rings is 1. The number of hydrogen-bond acceptors (Lipinski definition) is 4. The first-order valence-corrected chi connectivity index (χ1v) is 8.93. The maximum Gasteiger partial charge on any atom is 0.283 e. The Hall–Kier alpha value is -2.54. The first-order valence-electron chi connectivity index (χ1n) is 7.49. The van der Waals surface area contributed by atoms with Gasteiger partial charge in [0.2, 0.25) is 0 Å². The molecule has 126 valence electrons. The molecule has 2 heterocycles. The number of imidazole rings is 1. The normalized spacial score (nSPS) is 11.6. The highest BCUT2D eigenvalue weighted by molar-refractivity contribution is 7.92. The lowest BCUT2D eigenvalue weighted by atomic mass is 10.2. The molecule has 24 heavy (non-hydrogen) atoms. The molecule has 0 aliphatic heterocycles. The van der Waals surface area contributed by atoms with Gasteiger partial charge in [-0.05, 0) is 38.1 Å². The summed E-state index contributed by atoms with van der Waals surface area (Å²) >= 11 is 0. The molecular formula is C17H19N3O3S. The van der Waals surface area contributed by atoms with Crippen LogP contribution in [-0.4, -0.2) is 18.0 Å². The average Bonchev–Trinajstić information content (AvgIpc) is 3.17. The third kappa shape index (κ3) is 3.07. The molecule has 0 N–H and O–H groups in total. The molecule has 0 aliphatic rings. The van der Waals surface area contributed by atoms with Crippen LogP contribution >= 0.6 is 0 Å². The molecule has 0 bridgehead atoms. The van der Waals surface area contributed by atoms with Crippen molar-refractivity contribution in [3.8, 4) is 0 Å². The molecule has 2 aromatic heterocycles. The second-order valence-corrected chi connectivity index (χ2v) is 7.47. The Balaban J connectivity index is 2.07. The van der Waals surface area contributed by atoms with Crippen molar-refractivity contribution in [2.75, 3.05) is 4.31 Å². The highest BCUT2D eigenvalue weighted by Crippen LogP contribution is 2.26. The van der Waals surface area contributed by atoms with Crippen molar-refractivity contribution in [2.45, 2.75) is 25.4 Å². The molecular weight excluding hydrogens is 326 g/mol. The van der Waals surface area contributed by atoms with Crippen molar-refractivity contribution < 1.29 is 12.8 Å². The lowest BCUT2D eigenvalue weighted by molar-refractivity contribution is 0.508. The van der Waals surface area contributed by atoms with Crippen LogP contribution in [0.3, 0.4) is 0 Å². The number of anilines is 1. The van der Waals surface area contributed by atoms with E-state index in [0.29, 0.717) is 17.3 Å². The summed E-state index contributed by atoms with van der Waals surface area (Å²) < 4.78 is 34.6. The van der Waals surface area contributed by atoms with Crippen LogP contribution < -0.4 is 4.31 Å². The summed E-state index contributed by atoms with van der Waals surface area (Å²) in [6, 6.07) is 10.8. The summed E-state index contributed by atoms with van der Waals surface area (Å²) in [7, 11) is -2.04. The monoisotopic (exact) mass is 345 g/mol. The van der Waals surface area contributed by atoms with Gasteiger partial charge in [-0.1, -0.05) is 17.7 Å². The minimum absolute atomic E-state index is 0.0228. The van der Waals surface area contributed by atoms with E-state index in [-0.39, 0.29) is 11.6 Å². The van der Waals surface area contributed by atoms with E-state index < -0.39 is 10.0 Å². The van der Waals surface area contributed by atoms with Crippen molar-refractivity contribution in [3.63, 3.8) is 0 Å². The van der Waals surface area contributed by atoms with Gasteiger partial charge in [0, 0.05) is 13.2 Å². The number of aryl methyl sites for hydroxylation is 3. The zero-order valence-corrected chi connectivity index (χ0v) is 14.6. The topological polar surface area (TPSA) is 68.3 Å². The number of sulfonamides is 1. The SMILES string of the molecule is Cc1ccc(N(Cc2ccco2)S(=O)(=O)c2cn(C)c(C)n2)cc1. The predicted molar refractivity (Wildman–Crippen MR) is 91.2 cm³/mol. The molecule has 6 nitrogen and oxygen atoms in total. The highest BCUT2D eigenvalue weighted by Gasteiger charge is 2.28. The highest BCUT2D eigenvalue weighted by atomic mass is 32.2. The molecule has 3 rings (SSSR count). The van der Waals surface area contributed by atoms with Crippen LogP contribution in [-0.2, 0) is 23.6 Å². The van der Waals surface area contributed by atoms with Crippen molar-refractivity contribution in [1.29, 1.82) is 0 Å². The third-order valence-electron chi connectivity index (χ3n) is 3.84. The first-order chi connectivity index (χ1) is 11.4. The maximum atomic E-state index is 13.1. The van der Waals surface area contributed by atoms with Gasteiger partial charge in [0.15, 0.2) is 5.03 Å². The first kappa shape index (κ1) is 16.3. The third-order valence-corrected chi connectivity index (χ3v) is 5.49. The molecule has 3 aromatic rings. The second kappa shape index (κ2) is 6.16. The fourth-order valence-electron chi connectivity index (χ4n) is 2.33. The molecule has 0 aliphatic carbocycles. The molecule has 7 heteroatoms. The number of rotatable bonds is 5. The van der Waals surface area contributed by atoms with E-state index in [1.54, 1.807) is 42.8 Å². The predicted octanol–water partition coefficient (Wildman–Crippen LogP) is 3.03. The largest absolute Gasteiger partial charge is 0.467 e. The number of nitrogens with zero attached hydrogens (tertiary/aromatic N) is 3. The molecule has 0 saturated carbocycles. The summed E-state index contributed by atoms with van der Waals surface area (Å²) in [6.45, 7) is 3.83. The average molecular weight is 345 g/mol. The van der Waals surface area contributed by atoms with Gasteiger partial charge < -0.3 is 8.98 Å². The van der Waals surface area contributed by atoms with Crippen molar-refractivity contribution in [3.05, 3.63) is 66.0 Å². The Bertz CT molecular complexity index is 907. The van der Waals surface area contributed by atoms with E-state index in [9.17, 15) is 8.42 Å². The quantitative estimate of drug-likeness (QED) is 0.713. The van der Waals surface area contributed by atoms with Crippen LogP contribution in [0.2, 0.25) is 0 Å². The van der Waals surface area contributed by atoms with Gasteiger partial charge in [-0.25, -0.2) is 4.98 Å². The van der Waals surface area contributed by atoms with Gasteiger partial charge in [-0.15, -0.1) is 0 Å². The number of aromatic nitrogens is 2. The van der Waals surface area contributed by atoms with Gasteiger partial charge in [0.1, 0.15) is 11.6 Å². The Morgan fingerprint density at radius 3 is 2.42 bits per heavy atom. The van der Waals surface area contributed by atoms with E-state index in [1.165, 1.54) is 16.8 Å². The van der Waals surface area contributed by atoms with Crippen molar-refractivity contribution in [2.24, 2.45) is 7.05 Å². The van der Waals surface area contributed by atoms with E-state index in [4.69, 9.17) is 4.42 Å². The molecule has 0 radical (unpaired) electrons. The smallest absolute Gasteiger partial charge is 0.283 e. The summed E-state index contributed by atoms with van der Waals surface area (Å²) in [5.74, 6) is 1.20. The Morgan fingerprint density at radius 1 is 1.17 bits per heavy atom. The van der Waals surface area contributed by atoms with Gasteiger partial charge in [0.05, 0.1) is 18.5 Å². The van der Waals surface area contributed by atoms with Gasteiger partial charge in [-0.3, -0.25) is 4.31 Å². The fraction of sp³-hybridized carbons (Fsp3) is 0.235. The van der Waals surface area contributed by atoms with Crippen LogP contribution in [0.25, 0.3) is 0 Å². The molecule has 0 unspecified atom stereocenters. The molecule has 0 atom stereocenters. The number of hydrogen-bond donors (Lipinski definition) is 0. The lowest BCUT2D eigenvalue weighted by Gasteiger charge is -2.22. The summed E-state index contributed by atoms with van der Waals surface area (Å²) in [5, 5.41) is 0.0228. The Kier molecular flexibility index (Phi) is 4.19.